The summed E-state index contributed by atoms with van der Waals surface area (Å²) < 4.78 is 0. The van der Waals surface area contributed by atoms with Crippen LogP contribution in [0, 0.1) is 6.08 Å². The minimum absolute atomic E-state index is 0.984. The Kier molecular flexibility index (Phi) is 0.861. The molecule has 1 aliphatic carbocycles. The predicted octanol–water partition coefficient (Wildman–Crippen LogP) is 1.86. The van der Waals surface area contributed by atoms with Gasteiger partial charge in [0.2, 0.25) is 0 Å². The molecule has 1 rings (SSSR count). The summed E-state index contributed by atoms with van der Waals surface area (Å²) in [5.41, 5.74) is 2.16. The molecule has 35 valence electrons. The topological polar surface area (TPSA) is 0 Å². The second kappa shape index (κ2) is 1.38. The van der Waals surface area contributed by atoms with E-state index in [-0.39, 0.29) is 0 Å². The largest absolute Gasteiger partial charge is 0.0911 e. The van der Waals surface area contributed by atoms with Crippen LogP contribution in [-0.2, 0) is 0 Å². The fraction of sp³-hybridized carbons (Fsp3) is 0.143. The first-order chi connectivity index (χ1) is 3.29. The van der Waals surface area contributed by atoms with E-state index in [0.29, 0.717) is 0 Å². The Balaban J connectivity index is 2.88. The molecule has 0 amide bonds. The zero-order chi connectivity index (χ0) is 5.28. The Morgan fingerprint density at radius 1 is 1.57 bits per heavy atom. The number of rotatable bonds is 0. The first-order valence-corrected chi connectivity index (χ1v) is 2.26. The standard InChI is InChI=1S/C7H7/c1-6-3-4-7(2)5-6/h3-4H,1H2,2H3. The van der Waals surface area contributed by atoms with Crippen LogP contribution in [-0.4, -0.2) is 0 Å². The minimum atomic E-state index is 0.984. The highest BCUT2D eigenvalue weighted by molar-refractivity contribution is 5.38. The molecule has 0 heteroatoms. The van der Waals surface area contributed by atoms with Gasteiger partial charge in [-0.25, -0.2) is 0 Å². The van der Waals surface area contributed by atoms with Gasteiger partial charge in [0.1, 0.15) is 0 Å². The van der Waals surface area contributed by atoms with Crippen molar-refractivity contribution >= 4 is 0 Å². The van der Waals surface area contributed by atoms with Crippen LogP contribution in [0.2, 0.25) is 0 Å². The first kappa shape index (κ1) is 4.38. The van der Waals surface area contributed by atoms with E-state index in [1.807, 2.05) is 19.1 Å². The van der Waals surface area contributed by atoms with Gasteiger partial charge in [0.05, 0.1) is 0 Å². The van der Waals surface area contributed by atoms with Gasteiger partial charge in [-0.2, -0.15) is 0 Å². The average Bonchev–Trinajstić information content (AvgIpc) is 1.87. The number of hydrogen-bond acceptors (Lipinski definition) is 0. The van der Waals surface area contributed by atoms with Crippen molar-refractivity contribution in [2.24, 2.45) is 0 Å². The summed E-state index contributed by atoms with van der Waals surface area (Å²) in [5.74, 6) is 0. The fourth-order valence-electron chi connectivity index (χ4n) is 0.562. The van der Waals surface area contributed by atoms with Gasteiger partial charge in [0, 0.05) is 0 Å². The molecule has 0 fully saturated rings. The third-order valence-electron chi connectivity index (χ3n) is 0.892. The van der Waals surface area contributed by atoms with Crippen LogP contribution in [0.4, 0.5) is 0 Å². The van der Waals surface area contributed by atoms with E-state index >= 15 is 0 Å². The molecule has 1 aliphatic rings. The minimum Gasteiger partial charge on any atom is -0.0911 e. The van der Waals surface area contributed by atoms with Crippen molar-refractivity contribution in [2.75, 3.05) is 0 Å². The van der Waals surface area contributed by atoms with Crippen LogP contribution in [0.3, 0.4) is 0 Å². The van der Waals surface area contributed by atoms with Crippen molar-refractivity contribution < 1.29 is 0 Å². The highest BCUT2D eigenvalue weighted by Crippen LogP contribution is 2.09. The molecule has 0 N–H and O–H groups in total. The third-order valence-corrected chi connectivity index (χ3v) is 0.892. The molecule has 0 aromatic heterocycles. The van der Waals surface area contributed by atoms with Crippen LogP contribution in [0.25, 0.3) is 0 Å². The van der Waals surface area contributed by atoms with Crippen LogP contribution >= 0.6 is 0 Å². The summed E-state index contributed by atoms with van der Waals surface area (Å²) in [6.45, 7) is 5.69. The first-order valence-electron chi connectivity index (χ1n) is 2.26. The van der Waals surface area contributed by atoms with E-state index < -0.39 is 0 Å². The van der Waals surface area contributed by atoms with Crippen molar-refractivity contribution in [1.82, 2.24) is 0 Å². The number of hydrogen-bond donors (Lipinski definition) is 0. The summed E-state index contributed by atoms with van der Waals surface area (Å²) in [6, 6.07) is 0. The summed E-state index contributed by atoms with van der Waals surface area (Å²) in [5, 5.41) is 0. The summed E-state index contributed by atoms with van der Waals surface area (Å²) in [7, 11) is 0. The second-order valence-electron chi connectivity index (χ2n) is 1.67. The summed E-state index contributed by atoms with van der Waals surface area (Å²) >= 11 is 0. The molecule has 1 radical (unpaired) electrons. The Labute approximate surface area is 43.9 Å². The van der Waals surface area contributed by atoms with Gasteiger partial charge < -0.3 is 0 Å². The molecular formula is C7H7. The van der Waals surface area contributed by atoms with Gasteiger partial charge in [0.15, 0.2) is 0 Å². The molecule has 7 heavy (non-hydrogen) atoms. The predicted molar refractivity (Wildman–Crippen MR) is 30.7 cm³/mol. The summed E-state index contributed by atoms with van der Waals surface area (Å²) in [4.78, 5) is 0. The quantitative estimate of drug-likeness (QED) is 0.427. The monoisotopic (exact) mass is 91.1 g/mol. The van der Waals surface area contributed by atoms with Gasteiger partial charge in [0.25, 0.3) is 0 Å². The maximum absolute atomic E-state index is 3.69. The van der Waals surface area contributed by atoms with E-state index in [9.17, 15) is 0 Å². The summed E-state index contributed by atoms with van der Waals surface area (Å²) in [6.07, 6.45) is 6.98. The van der Waals surface area contributed by atoms with Gasteiger partial charge in [-0.05, 0) is 24.1 Å². The lowest BCUT2D eigenvalue weighted by molar-refractivity contribution is 1.53. The van der Waals surface area contributed by atoms with Crippen molar-refractivity contribution in [1.29, 1.82) is 0 Å². The van der Waals surface area contributed by atoms with Crippen LogP contribution in [0.1, 0.15) is 6.92 Å². The third kappa shape index (κ3) is 0.801. The van der Waals surface area contributed by atoms with Crippen molar-refractivity contribution in [2.45, 2.75) is 6.92 Å². The molecule has 0 bridgehead atoms. The Bertz CT molecular complexity index is 147. The van der Waals surface area contributed by atoms with Crippen LogP contribution < -0.4 is 0 Å². The molecule has 0 unspecified atom stereocenters. The molecule has 0 aromatic carbocycles. The maximum Gasteiger partial charge on any atom is -0.00796 e. The van der Waals surface area contributed by atoms with Gasteiger partial charge in [-0.1, -0.05) is 18.7 Å². The highest BCUT2D eigenvalue weighted by Gasteiger charge is 1.91. The molecule has 0 heterocycles. The van der Waals surface area contributed by atoms with Gasteiger partial charge in [-0.3, -0.25) is 0 Å². The van der Waals surface area contributed by atoms with E-state index in [1.54, 1.807) is 0 Å². The van der Waals surface area contributed by atoms with Gasteiger partial charge in [-0.15, -0.1) is 0 Å². The molecule has 0 saturated heterocycles. The van der Waals surface area contributed by atoms with E-state index in [4.69, 9.17) is 0 Å². The lowest BCUT2D eigenvalue weighted by atomic mass is 10.3. The molecule has 0 nitrogen and oxygen atoms in total. The van der Waals surface area contributed by atoms with E-state index in [0.717, 1.165) is 5.57 Å². The second-order valence-corrected chi connectivity index (χ2v) is 1.67. The van der Waals surface area contributed by atoms with E-state index in [2.05, 4.69) is 12.7 Å². The number of allylic oxidation sites excluding steroid dienone is 5. The van der Waals surface area contributed by atoms with Crippen molar-refractivity contribution in [3.8, 4) is 0 Å². The van der Waals surface area contributed by atoms with Crippen molar-refractivity contribution in [3.63, 3.8) is 0 Å². The maximum atomic E-state index is 3.69. The lowest BCUT2D eigenvalue weighted by Crippen LogP contribution is -1.57. The van der Waals surface area contributed by atoms with E-state index in [1.165, 1.54) is 5.57 Å². The van der Waals surface area contributed by atoms with Crippen LogP contribution in [0.15, 0.2) is 29.9 Å². The zero-order valence-corrected chi connectivity index (χ0v) is 4.36. The molecular weight excluding hydrogens is 84.1 g/mol. The highest BCUT2D eigenvalue weighted by atomic mass is 14.0. The zero-order valence-electron chi connectivity index (χ0n) is 4.36. The lowest BCUT2D eigenvalue weighted by Gasteiger charge is -1.74. The molecule has 0 spiro atoms. The Morgan fingerprint density at radius 2 is 2.29 bits per heavy atom. The van der Waals surface area contributed by atoms with Gasteiger partial charge >= 0.3 is 0 Å². The molecule has 0 aromatic rings. The Hall–Kier alpha value is -0.780. The molecule has 0 saturated carbocycles. The van der Waals surface area contributed by atoms with Crippen LogP contribution in [0.5, 0.6) is 0 Å². The fourth-order valence-corrected chi connectivity index (χ4v) is 0.562. The normalized spacial score (nSPS) is 17.9. The Morgan fingerprint density at radius 3 is 2.43 bits per heavy atom. The molecule has 0 aliphatic heterocycles. The SMILES string of the molecule is C=C1[C]=C(C)C=C1. The average molecular weight is 91.1 g/mol. The smallest absolute Gasteiger partial charge is 0.00796 e. The van der Waals surface area contributed by atoms with Crippen molar-refractivity contribution in [3.05, 3.63) is 36.0 Å². The molecule has 0 atom stereocenters.